The Labute approximate surface area is 85.9 Å². The van der Waals surface area contributed by atoms with Crippen molar-refractivity contribution in [2.75, 3.05) is 27.2 Å². The van der Waals surface area contributed by atoms with Gasteiger partial charge in [-0.15, -0.1) is 0 Å². The maximum atomic E-state index is 5.08. The van der Waals surface area contributed by atoms with Gasteiger partial charge in [0.15, 0.2) is 5.11 Å². The molecule has 1 aliphatic rings. The van der Waals surface area contributed by atoms with Crippen molar-refractivity contribution in [3.63, 3.8) is 0 Å². The van der Waals surface area contributed by atoms with E-state index < -0.39 is 0 Å². The molecule has 0 aromatic heterocycles. The third-order valence-electron chi connectivity index (χ3n) is 2.65. The second-order valence-corrected chi connectivity index (χ2v) is 4.27. The molecular weight excluding hydrogens is 182 g/mol. The number of piperidine rings is 1. The Kier molecular flexibility index (Phi) is 3.93. The summed E-state index contributed by atoms with van der Waals surface area (Å²) < 4.78 is 0. The topological polar surface area (TPSA) is 27.3 Å². The molecule has 76 valence electrons. The second-order valence-electron chi connectivity index (χ2n) is 3.86. The number of likely N-dealkylation sites (tertiary alicyclic amines) is 1. The van der Waals surface area contributed by atoms with Gasteiger partial charge in [-0.2, -0.15) is 0 Å². The first kappa shape index (κ1) is 10.7. The van der Waals surface area contributed by atoms with Crippen molar-refractivity contribution < 1.29 is 0 Å². The first-order valence-corrected chi connectivity index (χ1v) is 5.21. The van der Waals surface area contributed by atoms with E-state index in [2.05, 4.69) is 29.5 Å². The summed E-state index contributed by atoms with van der Waals surface area (Å²) in [6, 6.07) is 0.538. The van der Waals surface area contributed by atoms with E-state index >= 15 is 0 Å². The number of hydrogen-bond acceptors (Lipinski definition) is 2. The maximum Gasteiger partial charge on any atom is 0.166 e. The van der Waals surface area contributed by atoms with Crippen LogP contribution in [0.1, 0.15) is 13.3 Å². The molecule has 3 nitrogen and oxygen atoms in total. The fourth-order valence-electron chi connectivity index (χ4n) is 1.81. The van der Waals surface area contributed by atoms with Gasteiger partial charge in [-0.1, -0.05) is 6.92 Å². The molecule has 1 heterocycles. The second kappa shape index (κ2) is 4.77. The number of thiocarbonyl (C=S) groups is 1. The van der Waals surface area contributed by atoms with Crippen LogP contribution in [0.25, 0.3) is 0 Å². The van der Waals surface area contributed by atoms with Crippen molar-refractivity contribution in [3.8, 4) is 0 Å². The highest BCUT2D eigenvalue weighted by atomic mass is 32.1. The van der Waals surface area contributed by atoms with Crippen LogP contribution in [-0.4, -0.2) is 43.2 Å². The van der Waals surface area contributed by atoms with Crippen molar-refractivity contribution >= 4 is 17.3 Å². The highest BCUT2D eigenvalue weighted by Gasteiger charge is 2.24. The smallest absolute Gasteiger partial charge is 0.166 e. The van der Waals surface area contributed by atoms with Crippen molar-refractivity contribution in [3.05, 3.63) is 0 Å². The molecule has 0 aliphatic carbocycles. The van der Waals surface area contributed by atoms with Gasteiger partial charge in [0.1, 0.15) is 0 Å². The van der Waals surface area contributed by atoms with Gasteiger partial charge in [0.05, 0.1) is 0 Å². The molecule has 2 unspecified atom stereocenters. The molecule has 0 bridgehead atoms. The Morgan fingerprint density at radius 2 is 2.23 bits per heavy atom. The number of nitrogens with one attached hydrogen (secondary N) is 2. The molecule has 2 atom stereocenters. The van der Waals surface area contributed by atoms with E-state index in [0.29, 0.717) is 12.0 Å². The Bertz CT molecular complexity index is 184. The molecule has 2 N–H and O–H groups in total. The largest absolute Gasteiger partial charge is 0.366 e. The van der Waals surface area contributed by atoms with Crippen LogP contribution in [0.3, 0.4) is 0 Å². The Balaban J connectivity index is 2.38. The normalized spacial score (nSPS) is 29.8. The SMILES string of the molecule is CNC(=S)NC1CCN(C)CC1C. The summed E-state index contributed by atoms with van der Waals surface area (Å²) in [7, 11) is 4.03. The van der Waals surface area contributed by atoms with Gasteiger partial charge in [0, 0.05) is 19.6 Å². The van der Waals surface area contributed by atoms with Gasteiger partial charge >= 0.3 is 0 Å². The summed E-state index contributed by atoms with van der Waals surface area (Å²) in [5, 5.41) is 7.05. The lowest BCUT2D eigenvalue weighted by Gasteiger charge is -2.35. The minimum atomic E-state index is 0.538. The van der Waals surface area contributed by atoms with E-state index in [1.54, 1.807) is 0 Å². The van der Waals surface area contributed by atoms with Gasteiger partial charge in [0.2, 0.25) is 0 Å². The number of rotatable bonds is 1. The average molecular weight is 201 g/mol. The van der Waals surface area contributed by atoms with E-state index in [4.69, 9.17) is 12.2 Å². The molecule has 0 spiro atoms. The minimum absolute atomic E-state index is 0.538. The van der Waals surface area contributed by atoms with Gasteiger partial charge < -0.3 is 15.5 Å². The van der Waals surface area contributed by atoms with Crippen LogP contribution in [0.4, 0.5) is 0 Å². The van der Waals surface area contributed by atoms with Gasteiger partial charge in [-0.3, -0.25) is 0 Å². The standard InChI is InChI=1S/C9H19N3S/c1-7-6-12(3)5-4-8(7)11-9(13)10-2/h7-8H,4-6H2,1-3H3,(H2,10,11,13). The lowest BCUT2D eigenvalue weighted by Crippen LogP contribution is -2.50. The number of nitrogens with zero attached hydrogens (tertiary/aromatic N) is 1. The van der Waals surface area contributed by atoms with Crippen LogP contribution in [0.5, 0.6) is 0 Å². The van der Waals surface area contributed by atoms with E-state index in [9.17, 15) is 0 Å². The first-order chi connectivity index (χ1) is 6.13. The molecule has 1 fully saturated rings. The molecule has 0 aromatic carbocycles. The lowest BCUT2D eigenvalue weighted by molar-refractivity contribution is 0.187. The van der Waals surface area contributed by atoms with Crippen molar-refractivity contribution in [2.45, 2.75) is 19.4 Å². The summed E-state index contributed by atoms with van der Waals surface area (Å²) in [5.74, 6) is 0.671. The fourth-order valence-corrected chi connectivity index (χ4v) is 1.96. The predicted octanol–water partition coefficient (Wildman–Crippen LogP) is 0.420. The lowest BCUT2D eigenvalue weighted by atomic mass is 9.94. The average Bonchev–Trinajstić information content (AvgIpc) is 2.09. The zero-order valence-corrected chi connectivity index (χ0v) is 9.45. The maximum absolute atomic E-state index is 5.08. The molecule has 0 aromatic rings. The summed E-state index contributed by atoms with van der Waals surface area (Å²) in [4.78, 5) is 2.37. The van der Waals surface area contributed by atoms with Crippen LogP contribution in [0.2, 0.25) is 0 Å². The van der Waals surface area contributed by atoms with E-state index in [0.717, 1.165) is 18.2 Å². The summed E-state index contributed by atoms with van der Waals surface area (Å²) in [6.45, 7) is 4.59. The molecule has 0 radical (unpaired) electrons. The highest BCUT2D eigenvalue weighted by molar-refractivity contribution is 7.80. The summed E-state index contributed by atoms with van der Waals surface area (Å²) >= 11 is 5.08. The van der Waals surface area contributed by atoms with Crippen LogP contribution in [0, 0.1) is 5.92 Å². The molecule has 1 rings (SSSR count). The Morgan fingerprint density at radius 3 is 2.77 bits per heavy atom. The Hall–Kier alpha value is -0.350. The molecular formula is C9H19N3S. The molecule has 4 heteroatoms. The molecule has 1 saturated heterocycles. The van der Waals surface area contributed by atoms with Gasteiger partial charge in [-0.25, -0.2) is 0 Å². The summed E-state index contributed by atoms with van der Waals surface area (Å²) in [5.41, 5.74) is 0. The van der Waals surface area contributed by atoms with E-state index in [1.165, 1.54) is 6.42 Å². The third kappa shape index (κ3) is 3.12. The van der Waals surface area contributed by atoms with Crippen molar-refractivity contribution in [2.24, 2.45) is 5.92 Å². The minimum Gasteiger partial charge on any atom is -0.366 e. The zero-order chi connectivity index (χ0) is 9.84. The molecule has 0 saturated carbocycles. The van der Waals surface area contributed by atoms with Crippen molar-refractivity contribution in [1.29, 1.82) is 0 Å². The van der Waals surface area contributed by atoms with Crippen LogP contribution >= 0.6 is 12.2 Å². The van der Waals surface area contributed by atoms with Crippen LogP contribution < -0.4 is 10.6 Å². The van der Waals surface area contributed by atoms with E-state index in [-0.39, 0.29) is 0 Å². The first-order valence-electron chi connectivity index (χ1n) is 4.80. The van der Waals surface area contributed by atoms with Gasteiger partial charge in [-0.05, 0) is 38.1 Å². The van der Waals surface area contributed by atoms with Crippen LogP contribution in [0.15, 0.2) is 0 Å². The highest BCUT2D eigenvalue weighted by Crippen LogP contribution is 2.14. The monoisotopic (exact) mass is 201 g/mol. The van der Waals surface area contributed by atoms with Gasteiger partial charge in [0.25, 0.3) is 0 Å². The Morgan fingerprint density at radius 1 is 1.54 bits per heavy atom. The number of hydrogen-bond donors (Lipinski definition) is 2. The van der Waals surface area contributed by atoms with E-state index in [1.807, 2.05) is 7.05 Å². The third-order valence-corrected chi connectivity index (χ3v) is 2.97. The molecule has 1 aliphatic heterocycles. The fraction of sp³-hybridized carbons (Fsp3) is 0.889. The van der Waals surface area contributed by atoms with Crippen LogP contribution in [-0.2, 0) is 0 Å². The van der Waals surface area contributed by atoms with Crippen molar-refractivity contribution in [1.82, 2.24) is 15.5 Å². The molecule has 0 amide bonds. The molecule has 13 heavy (non-hydrogen) atoms. The quantitative estimate of drug-likeness (QED) is 0.601. The predicted molar refractivity (Wildman–Crippen MR) is 59.9 cm³/mol. The zero-order valence-electron chi connectivity index (χ0n) is 8.63. The summed E-state index contributed by atoms with van der Waals surface area (Å²) in [6.07, 6.45) is 1.18.